The van der Waals surface area contributed by atoms with Crippen LogP contribution in [0.5, 0.6) is 0 Å². The monoisotopic (exact) mass is 341 g/mol. The zero-order valence-electron chi connectivity index (χ0n) is 14.1. The van der Waals surface area contributed by atoms with Gasteiger partial charge in [-0.1, -0.05) is 30.3 Å². The molecule has 126 valence electrons. The number of amides is 1. The van der Waals surface area contributed by atoms with E-state index in [-0.39, 0.29) is 11.3 Å². The second kappa shape index (κ2) is 6.34. The first-order chi connectivity index (χ1) is 11.7. The molecule has 1 atom stereocenters. The molecule has 1 aromatic carbocycles. The molecule has 24 heavy (non-hydrogen) atoms. The Morgan fingerprint density at radius 2 is 2.08 bits per heavy atom. The Bertz CT molecular complexity index is 731. The van der Waals surface area contributed by atoms with Crippen LogP contribution >= 0.6 is 11.3 Å². The van der Waals surface area contributed by atoms with Crippen molar-refractivity contribution in [3.8, 4) is 11.1 Å². The van der Waals surface area contributed by atoms with Gasteiger partial charge < -0.3 is 9.64 Å². The van der Waals surface area contributed by atoms with Crippen molar-refractivity contribution in [3.05, 3.63) is 46.2 Å². The van der Waals surface area contributed by atoms with Crippen molar-refractivity contribution in [2.45, 2.75) is 26.2 Å². The average Bonchev–Trinajstić information content (AvgIpc) is 3.22. The number of benzene rings is 1. The van der Waals surface area contributed by atoms with Gasteiger partial charge >= 0.3 is 0 Å². The molecule has 4 heteroatoms. The second-order valence-electron chi connectivity index (χ2n) is 7.08. The lowest BCUT2D eigenvalue weighted by Gasteiger charge is -2.39. The van der Waals surface area contributed by atoms with E-state index in [0.29, 0.717) is 0 Å². The third-order valence-electron chi connectivity index (χ3n) is 5.40. The van der Waals surface area contributed by atoms with E-state index in [9.17, 15) is 4.79 Å². The summed E-state index contributed by atoms with van der Waals surface area (Å²) >= 11 is 1.67. The molecular formula is C20H23NO2S. The highest BCUT2D eigenvalue weighted by Crippen LogP contribution is 2.39. The Morgan fingerprint density at radius 1 is 1.25 bits per heavy atom. The maximum atomic E-state index is 13.2. The van der Waals surface area contributed by atoms with Crippen molar-refractivity contribution in [2.24, 2.45) is 5.41 Å². The van der Waals surface area contributed by atoms with Gasteiger partial charge in [-0.15, -0.1) is 11.3 Å². The van der Waals surface area contributed by atoms with Gasteiger partial charge in [0.1, 0.15) is 0 Å². The molecule has 2 aliphatic heterocycles. The summed E-state index contributed by atoms with van der Waals surface area (Å²) in [6.07, 6.45) is 3.36. The zero-order chi connectivity index (χ0) is 16.6. The highest BCUT2D eigenvalue weighted by Gasteiger charge is 2.40. The van der Waals surface area contributed by atoms with Gasteiger partial charge in [-0.25, -0.2) is 0 Å². The number of carbonyl (C=O) groups excluding carboxylic acids is 1. The van der Waals surface area contributed by atoms with Crippen molar-refractivity contribution >= 4 is 17.2 Å². The molecule has 0 bridgehead atoms. The van der Waals surface area contributed by atoms with Crippen LogP contribution in [0.1, 0.15) is 34.5 Å². The first-order valence-corrected chi connectivity index (χ1v) is 9.57. The van der Waals surface area contributed by atoms with Crippen molar-refractivity contribution in [2.75, 3.05) is 26.3 Å². The summed E-state index contributed by atoms with van der Waals surface area (Å²) < 4.78 is 5.63. The van der Waals surface area contributed by atoms with Gasteiger partial charge in [-0.2, -0.15) is 0 Å². The van der Waals surface area contributed by atoms with E-state index in [4.69, 9.17) is 4.74 Å². The number of rotatable bonds is 2. The van der Waals surface area contributed by atoms with Crippen LogP contribution in [-0.4, -0.2) is 37.1 Å². The van der Waals surface area contributed by atoms with E-state index in [2.05, 4.69) is 24.0 Å². The Balaban J connectivity index is 1.63. The smallest absolute Gasteiger partial charge is 0.255 e. The Labute approximate surface area is 147 Å². The van der Waals surface area contributed by atoms with E-state index < -0.39 is 0 Å². The molecule has 0 N–H and O–H groups in total. The molecule has 2 aliphatic rings. The summed E-state index contributed by atoms with van der Waals surface area (Å²) in [7, 11) is 0. The Kier molecular flexibility index (Phi) is 4.19. The third kappa shape index (κ3) is 2.78. The SMILES string of the molecule is Cc1scc(C(=O)N2CCCC3(CCOC3)C2)c1-c1ccccc1. The Hall–Kier alpha value is -1.65. The van der Waals surface area contributed by atoms with Gasteiger partial charge in [0.15, 0.2) is 0 Å². The minimum atomic E-state index is 0.184. The summed E-state index contributed by atoms with van der Waals surface area (Å²) in [5, 5.41) is 2.03. The van der Waals surface area contributed by atoms with E-state index in [1.165, 1.54) is 11.3 Å². The third-order valence-corrected chi connectivity index (χ3v) is 6.31. The number of hydrogen-bond donors (Lipinski definition) is 0. The van der Waals surface area contributed by atoms with Gasteiger partial charge in [0.05, 0.1) is 12.2 Å². The van der Waals surface area contributed by atoms with Gasteiger partial charge in [0.25, 0.3) is 5.91 Å². The molecule has 2 fully saturated rings. The van der Waals surface area contributed by atoms with E-state index in [0.717, 1.165) is 55.8 Å². The number of nitrogens with zero attached hydrogens (tertiary/aromatic N) is 1. The lowest BCUT2D eigenvalue weighted by atomic mass is 9.79. The van der Waals surface area contributed by atoms with Crippen molar-refractivity contribution in [1.29, 1.82) is 0 Å². The number of ether oxygens (including phenoxy) is 1. The number of thiophene rings is 1. The summed E-state index contributed by atoms with van der Waals surface area (Å²) in [5.74, 6) is 0.184. The molecule has 0 radical (unpaired) electrons. The first-order valence-electron chi connectivity index (χ1n) is 8.69. The molecular weight excluding hydrogens is 318 g/mol. The minimum Gasteiger partial charge on any atom is -0.381 e. The summed E-state index contributed by atoms with van der Waals surface area (Å²) in [6.45, 7) is 5.46. The maximum absolute atomic E-state index is 13.2. The fraction of sp³-hybridized carbons (Fsp3) is 0.450. The van der Waals surface area contributed by atoms with Crippen LogP contribution in [0.25, 0.3) is 11.1 Å². The molecule has 0 saturated carbocycles. The lowest BCUT2D eigenvalue weighted by Crippen LogP contribution is -2.46. The quantitative estimate of drug-likeness (QED) is 0.812. The molecule has 4 rings (SSSR count). The highest BCUT2D eigenvalue weighted by atomic mass is 32.1. The predicted molar refractivity (Wildman–Crippen MR) is 97.5 cm³/mol. The summed E-state index contributed by atoms with van der Waals surface area (Å²) in [5.41, 5.74) is 3.30. The van der Waals surface area contributed by atoms with Crippen LogP contribution < -0.4 is 0 Å². The van der Waals surface area contributed by atoms with Gasteiger partial charge in [0.2, 0.25) is 0 Å². The van der Waals surface area contributed by atoms with Crippen LogP contribution in [0.3, 0.4) is 0 Å². The van der Waals surface area contributed by atoms with Gasteiger partial charge in [-0.3, -0.25) is 4.79 Å². The average molecular weight is 341 g/mol. The fourth-order valence-electron chi connectivity index (χ4n) is 4.10. The first kappa shape index (κ1) is 15.9. The standard InChI is InChI=1S/C20H23NO2S/c1-15-18(16-6-3-2-4-7-16)17(12-24-15)19(22)21-10-5-8-20(13-21)9-11-23-14-20/h2-4,6-7,12H,5,8-11,13-14H2,1H3. The van der Waals surface area contributed by atoms with Crippen LogP contribution in [0, 0.1) is 12.3 Å². The molecule has 1 unspecified atom stereocenters. The summed E-state index contributed by atoms with van der Waals surface area (Å²) in [4.78, 5) is 16.5. The number of aryl methyl sites for hydroxylation is 1. The fourth-order valence-corrected chi connectivity index (χ4v) is 4.96. The lowest BCUT2D eigenvalue weighted by molar-refractivity contribution is 0.0463. The van der Waals surface area contributed by atoms with E-state index >= 15 is 0 Å². The highest BCUT2D eigenvalue weighted by molar-refractivity contribution is 7.10. The van der Waals surface area contributed by atoms with Gasteiger partial charge in [0, 0.05) is 40.9 Å². The van der Waals surface area contributed by atoms with Gasteiger partial charge in [-0.05, 0) is 31.7 Å². The number of piperidine rings is 1. The largest absolute Gasteiger partial charge is 0.381 e. The Morgan fingerprint density at radius 3 is 2.83 bits per heavy atom. The molecule has 1 spiro atoms. The second-order valence-corrected chi connectivity index (χ2v) is 8.16. The molecule has 1 amide bonds. The van der Waals surface area contributed by atoms with Crippen LogP contribution in [0.4, 0.5) is 0 Å². The maximum Gasteiger partial charge on any atom is 0.255 e. The normalized spacial score (nSPS) is 23.8. The molecule has 3 nitrogen and oxygen atoms in total. The van der Waals surface area contributed by atoms with Crippen LogP contribution in [0.2, 0.25) is 0 Å². The topological polar surface area (TPSA) is 29.5 Å². The van der Waals surface area contributed by atoms with E-state index in [1.54, 1.807) is 11.3 Å². The van der Waals surface area contributed by atoms with E-state index in [1.807, 2.05) is 23.6 Å². The molecule has 1 aromatic heterocycles. The number of hydrogen-bond acceptors (Lipinski definition) is 3. The van der Waals surface area contributed by atoms with Crippen molar-refractivity contribution in [3.63, 3.8) is 0 Å². The minimum absolute atomic E-state index is 0.184. The van der Waals surface area contributed by atoms with Crippen molar-refractivity contribution < 1.29 is 9.53 Å². The predicted octanol–water partition coefficient (Wildman–Crippen LogP) is 4.37. The zero-order valence-corrected chi connectivity index (χ0v) is 14.9. The van der Waals surface area contributed by atoms with Crippen LogP contribution in [-0.2, 0) is 4.74 Å². The molecule has 3 heterocycles. The summed E-state index contributed by atoms with van der Waals surface area (Å²) in [6, 6.07) is 10.3. The van der Waals surface area contributed by atoms with Crippen LogP contribution in [0.15, 0.2) is 35.7 Å². The molecule has 2 aromatic rings. The number of carbonyl (C=O) groups is 1. The number of likely N-dealkylation sites (tertiary alicyclic amines) is 1. The molecule has 2 saturated heterocycles. The molecule has 0 aliphatic carbocycles. The van der Waals surface area contributed by atoms with Crippen molar-refractivity contribution in [1.82, 2.24) is 4.90 Å².